The third kappa shape index (κ3) is 3.90. The number of aromatic carboxylic acids is 2. The molecule has 0 aromatic heterocycles. The van der Waals surface area contributed by atoms with E-state index in [2.05, 4.69) is 5.32 Å². The minimum absolute atomic E-state index is 0.245. The Morgan fingerprint density at radius 1 is 0.857 bits per heavy atom. The van der Waals surface area contributed by atoms with Crippen molar-refractivity contribution in [2.45, 2.75) is 13.1 Å². The molecule has 2 aromatic carbocycles. The summed E-state index contributed by atoms with van der Waals surface area (Å²) in [6.45, 7) is 0.969. The van der Waals surface area contributed by atoms with Crippen LogP contribution in [0.2, 0.25) is 0 Å². The molecule has 0 aliphatic heterocycles. The van der Waals surface area contributed by atoms with Gasteiger partial charge in [0.05, 0.1) is 11.1 Å². The summed E-state index contributed by atoms with van der Waals surface area (Å²) in [6, 6.07) is 13.4. The summed E-state index contributed by atoms with van der Waals surface area (Å²) in [7, 11) is 0. The molecule has 5 heteroatoms. The van der Waals surface area contributed by atoms with Crippen LogP contribution in [0.5, 0.6) is 0 Å². The molecule has 0 atom stereocenters. The van der Waals surface area contributed by atoms with E-state index >= 15 is 0 Å². The maximum Gasteiger partial charge on any atom is 0.336 e. The quantitative estimate of drug-likeness (QED) is 0.758. The minimum Gasteiger partial charge on any atom is -0.478 e. The van der Waals surface area contributed by atoms with Crippen LogP contribution in [-0.4, -0.2) is 22.2 Å². The van der Waals surface area contributed by atoms with Crippen LogP contribution in [0.4, 0.5) is 0 Å². The average molecular weight is 285 g/mol. The van der Waals surface area contributed by atoms with E-state index in [1.54, 1.807) is 48.5 Å². The van der Waals surface area contributed by atoms with Gasteiger partial charge in [-0.15, -0.1) is 0 Å². The molecule has 0 heterocycles. The van der Waals surface area contributed by atoms with Crippen LogP contribution in [0.1, 0.15) is 31.8 Å². The van der Waals surface area contributed by atoms with E-state index in [1.807, 2.05) is 0 Å². The molecule has 0 unspecified atom stereocenters. The average Bonchev–Trinajstić information content (AvgIpc) is 2.48. The zero-order valence-electron chi connectivity index (χ0n) is 11.2. The highest BCUT2D eigenvalue weighted by molar-refractivity contribution is 5.89. The highest BCUT2D eigenvalue weighted by Crippen LogP contribution is 2.09. The molecule has 2 aromatic rings. The predicted octanol–water partition coefficient (Wildman–Crippen LogP) is 2.37. The van der Waals surface area contributed by atoms with E-state index in [0.29, 0.717) is 18.7 Å². The van der Waals surface area contributed by atoms with Crippen molar-refractivity contribution in [3.8, 4) is 0 Å². The summed E-state index contributed by atoms with van der Waals surface area (Å²) in [5, 5.41) is 21.0. The van der Waals surface area contributed by atoms with E-state index in [0.717, 1.165) is 5.56 Å². The molecule has 21 heavy (non-hydrogen) atoms. The van der Waals surface area contributed by atoms with Crippen molar-refractivity contribution in [1.82, 2.24) is 5.32 Å². The second-order valence-electron chi connectivity index (χ2n) is 4.57. The van der Waals surface area contributed by atoms with Crippen molar-refractivity contribution in [3.05, 3.63) is 70.8 Å². The molecule has 5 nitrogen and oxygen atoms in total. The number of carbonyl (C=O) groups is 2. The van der Waals surface area contributed by atoms with E-state index in [1.165, 1.54) is 0 Å². The summed E-state index contributed by atoms with van der Waals surface area (Å²) >= 11 is 0. The van der Waals surface area contributed by atoms with Gasteiger partial charge in [-0.2, -0.15) is 0 Å². The highest BCUT2D eigenvalue weighted by atomic mass is 16.4. The smallest absolute Gasteiger partial charge is 0.336 e. The lowest BCUT2D eigenvalue weighted by Gasteiger charge is -2.08. The molecular weight excluding hydrogens is 270 g/mol. The Morgan fingerprint density at radius 3 is 2.14 bits per heavy atom. The Kier molecular flexibility index (Phi) is 4.68. The SMILES string of the molecule is O=C(O)c1ccc(CNCc2ccccc2C(=O)O)cc1. The van der Waals surface area contributed by atoms with Gasteiger partial charge < -0.3 is 15.5 Å². The lowest BCUT2D eigenvalue weighted by Crippen LogP contribution is -2.15. The first kappa shape index (κ1) is 14.7. The number of hydrogen-bond donors (Lipinski definition) is 3. The number of rotatable bonds is 6. The normalized spacial score (nSPS) is 10.3. The van der Waals surface area contributed by atoms with Crippen LogP contribution < -0.4 is 5.32 Å². The van der Waals surface area contributed by atoms with Gasteiger partial charge in [-0.3, -0.25) is 0 Å². The zero-order chi connectivity index (χ0) is 15.2. The number of nitrogens with one attached hydrogen (secondary N) is 1. The summed E-state index contributed by atoms with van der Waals surface area (Å²) in [5.41, 5.74) is 2.18. The molecule has 0 saturated carbocycles. The third-order valence-electron chi connectivity index (χ3n) is 3.09. The third-order valence-corrected chi connectivity index (χ3v) is 3.09. The Balaban J connectivity index is 1.95. The van der Waals surface area contributed by atoms with E-state index < -0.39 is 11.9 Å². The summed E-state index contributed by atoms with van der Waals surface area (Å²) < 4.78 is 0. The largest absolute Gasteiger partial charge is 0.478 e. The molecule has 0 bridgehead atoms. The molecule has 0 saturated heterocycles. The first-order valence-corrected chi connectivity index (χ1v) is 6.42. The molecule has 3 N–H and O–H groups in total. The topological polar surface area (TPSA) is 86.6 Å². The fraction of sp³-hybridized carbons (Fsp3) is 0.125. The molecule has 0 amide bonds. The van der Waals surface area contributed by atoms with Crippen molar-refractivity contribution < 1.29 is 19.8 Å². The first-order chi connectivity index (χ1) is 10.1. The molecule has 0 aliphatic rings. The van der Waals surface area contributed by atoms with E-state index in [9.17, 15) is 9.59 Å². The molecule has 0 aliphatic carbocycles. The summed E-state index contributed by atoms with van der Waals surface area (Å²) in [4.78, 5) is 21.8. The Hall–Kier alpha value is -2.66. The molecule has 2 rings (SSSR count). The van der Waals surface area contributed by atoms with E-state index in [-0.39, 0.29) is 11.1 Å². The predicted molar refractivity (Wildman–Crippen MR) is 77.3 cm³/mol. The lowest BCUT2D eigenvalue weighted by molar-refractivity contribution is 0.0685. The van der Waals surface area contributed by atoms with Crippen molar-refractivity contribution in [2.24, 2.45) is 0 Å². The molecule has 0 spiro atoms. The van der Waals surface area contributed by atoms with Crippen molar-refractivity contribution in [2.75, 3.05) is 0 Å². The maximum atomic E-state index is 11.1. The van der Waals surface area contributed by atoms with Crippen molar-refractivity contribution in [1.29, 1.82) is 0 Å². The minimum atomic E-state index is -0.954. The van der Waals surface area contributed by atoms with Crippen molar-refractivity contribution >= 4 is 11.9 Å². The molecule has 108 valence electrons. The van der Waals surface area contributed by atoms with Gasteiger partial charge in [0.25, 0.3) is 0 Å². The van der Waals surface area contributed by atoms with Crippen LogP contribution >= 0.6 is 0 Å². The standard InChI is InChI=1S/C16H15NO4/c18-15(19)12-7-5-11(6-8-12)9-17-10-13-3-1-2-4-14(13)16(20)21/h1-8,17H,9-10H2,(H,18,19)(H,20,21). The Bertz CT molecular complexity index is 650. The second kappa shape index (κ2) is 6.67. The van der Waals surface area contributed by atoms with Gasteiger partial charge >= 0.3 is 11.9 Å². The van der Waals surface area contributed by atoms with Gasteiger partial charge in [-0.05, 0) is 29.3 Å². The van der Waals surface area contributed by atoms with Crippen LogP contribution in [0.15, 0.2) is 48.5 Å². The lowest BCUT2D eigenvalue weighted by atomic mass is 10.1. The van der Waals surface area contributed by atoms with Gasteiger partial charge in [0, 0.05) is 13.1 Å². The number of carboxylic acid groups (broad SMARTS) is 2. The van der Waals surface area contributed by atoms with Gasteiger partial charge in [0.15, 0.2) is 0 Å². The Labute approximate surface area is 121 Å². The fourth-order valence-electron chi connectivity index (χ4n) is 1.99. The van der Waals surface area contributed by atoms with Gasteiger partial charge in [-0.1, -0.05) is 30.3 Å². The van der Waals surface area contributed by atoms with Crippen molar-refractivity contribution in [3.63, 3.8) is 0 Å². The van der Waals surface area contributed by atoms with Gasteiger partial charge in [0.2, 0.25) is 0 Å². The monoisotopic (exact) mass is 285 g/mol. The molecular formula is C16H15NO4. The molecule has 0 radical (unpaired) electrons. The second-order valence-corrected chi connectivity index (χ2v) is 4.57. The van der Waals surface area contributed by atoms with Crippen LogP contribution in [0.3, 0.4) is 0 Å². The number of carboxylic acids is 2. The summed E-state index contributed by atoms with van der Waals surface area (Å²) in [6.07, 6.45) is 0. The van der Waals surface area contributed by atoms with Gasteiger partial charge in [0.1, 0.15) is 0 Å². The zero-order valence-corrected chi connectivity index (χ0v) is 11.2. The molecule has 0 fully saturated rings. The fourth-order valence-corrected chi connectivity index (χ4v) is 1.99. The Morgan fingerprint density at radius 2 is 1.52 bits per heavy atom. The number of benzene rings is 2. The van der Waals surface area contributed by atoms with Crippen LogP contribution in [-0.2, 0) is 13.1 Å². The maximum absolute atomic E-state index is 11.1. The number of hydrogen-bond acceptors (Lipinski definition) is 3. The summed E-state index contributed by atoms with van der Waals surface area (Å²) in [5.74, 6) is -1.90. The van der Waals surface area contributed by atoms with Crippen LogP contribution in [0.25, 0.3) is 0 Å². The van der Waals surface area contributed by atoms with Crippen LogP contribution in [0, 0.1) is 0 Å². The van der Waals surface area contributed by atoms with E-state index in [4.69, 9.17) is 10.2 Å². The van der Waals surface area contributed by atoms with Gasteiger partial charge in [-0.25, -0.2) is 9.59 Å². The first-order valence-electron chi connectivity index (χ1n) is 6.42. The highest BCUT2D eigenvalue weighted by Gasteiger charge is 2.08.